The van der Waals surface area contributed by atoms with Gasteiger partial charge in [0.05, 0.1) is 17.7 Å². The highest BCUT2D eigenvalue weighted by atomic mass is 16.2. The zero-order valence-electron chi connectivity index (χ0n) is 17.7. The van der Waals surface area contributed by atoms with Crippen LogP contribution in [0.2, 0.25) is 0 Å². The number of benzene rings is 3. The fourth-order valence-electron chi connectivity index (χ4n) is 3.86. The number of carbonyl (C=O) groups excluding carboxylic acids is 3. The van der Waals surface area contributed by atoms with Crippen molar-refractivity contribution in [3.05, 3.63) is 101 Å². The van der Waals surface area contributed by atoms with Crippen LogP contribution in [0.1, 0.15) is 36.6 Å². The van der Waals surface area contributed by atoms with Gasteiger partial charge in [0.2, 0.25) is 0 Å². The van der Waals surface area contributed by atoms with Crippen molar-refractivity contribution in [3.63, 3.8) is 0 Å². The lowest BCUT2D eigenvalue weighted by atomic mass is 10.1. The molecule has 33 heavy (non-hydrogen) atoms. The van der Waals surface area contributed by atoms with Crippen molar-refractivity contribution >= 4 is 23.4 Å². The van der Waals surface area contributed by atoms with Crippen LogP contribution in [0.4, 0.5) is 5.69 Å². The van der Waals surface area contributed by atoms with Crippen LogP contribution in [0.25, 0.3) is 11.4 Å². The van der Waals surface area contributed by atoms with E-state index in [2.05, 4.69) is 15.5 Å². The van der Waals surface area contributed by atoms with Gasteiger partial charge in [-0.2, -0.15) is 0 Å². The summed E-state index contributed by atoms with van der Waals surface area (Å²) in [5.41, 5.74) is 3.36. The van der Waals surface area contributed by atoms with Gasteiger partial charge in [0, 0.05) is 23.9 Å². The van der Waals surface area contributed by atoms with Crippen LogP contribution in [-0.2, 0) is 13.6 Å². The summed E-state index contributed by atoms with van der Waals surface area (Å²) >= 11 is 0. The number of hydrogen-bond donors (Lipinski definition) is 1. The highest BCUT2D eigenvalue weighted by Gasteiger charge is 2.35. The Bertz CT molecular complexity index is 1370. The summed E-state index contributed by atoms with van der Waals surface area (Å²) in [6, 6.07) is 21.0. The normalized spacial score (nSPS) is 12.7. The van der Waals surface area contributed by atoms with Gasteiger partial charge in [-0.3, -0.25) is 19.3 Å². The number of fused-ring (bicyclic) bond motifs is 1. The summed E-state index contributed by atoms with van der Waals surface area (Å²) in [6.07, 6.45) is 1.61. The van der Waals surface area contributed by atoms with Crippen LogP contribution in [0.15, 0.2) is 79.1 Å². The number of nitrogens with zero attached hydrogens (tertiary/aromatic N) is 4. The minimum absolute atomic E-state index is 0.0924. The Hall–Kier alpha value is -4.59. The van der Waals surface area contributed by atoms with E-state index in [9.17, 15) is 14.4 Å². The van der Waals surface area contributed by atoms with Crippen molar-refractivity contribution in [1.29, 1.82) is 0 Å². The monoisotopic (exact) mass is 437 g/mol. The van der Waals surface area contributed by atoms with Crippen LogP contribution >= 0.6 is 0 Å². The number of hydrogen-bond acceptors (Lipinski definition) is 5. The molecule has 162 valence electrons. The van der Waals surface area contributed by atoms with Gasteiger partial charge in [0.15, 0.2) is 5.82 Å². The standard InChI is InChI=1S/C25H19N5O3/c1-29-15-26-28-22(29)17-7-5-9-19(13-17)27-23(31)18-8-4-6-16(12-18)14-30-24(32)20-10-2-3-11-21(20)25(30)33/h2-13,15H,14H2,1H3,(H,27,31). The first-order chi connectivity index (χ1) is 16.0. The SMILES string of the molecule is Cn1cnnc1-c1cccc(NC(=O)c2cccc(CN3C(=O)c4ccccc4C3=O)c2)c1. The van der Waals surface area contributed by atoms with Crippen LogP contribution in [0, 0.1) is 0 Å². The first kappa shape index (κ1) is 20.3. The summed E-state index contributed by atoms with van der Waals surface area (Å²) < 4.78 is 1.80. The predicted octanol–water partition coefficient (Wildman–Crippen LogP) is 3.53. The Balaban J connectivity index is 1.33. The third-order valence-corrected chi connectivity index (χ3v) is 5.50. The van der Waals surface area contributed by atoms with Crippen molar-refractivity contribution in [2.75, 3.05) is 5.32 Å². The molecule has 1 aromatic heterocycles. The summed E-state index contributed by atoms with van der Waals surface area (Å²) in [5, 5.41) is 10.9. The van der Waals surface area contributed by atoms with E-state index in [0.717, 1.165) is 5.56 Å². The Morgan fingerprint density at radius 2 is 1.64 bits per heavy atom. The second kappa shape index (κ2) is 8.16. The number of imide groups is 1. The molecule has 4 aromatic rings. The maximum atomic E-state index is 12.9. The molecule has 8 nitrogen and oxygen atoms in total. The van der Waals surface area contributed by atoms with Crippen molar-refractivity contribution in [1.82, 2.24) is 19.7 Å². The first-order valence-electron chi connectivity index (χ1n) is 10.3. The molecule has 0 aliphatic carbocycles. The first-order valence-corrected chi connectivity index (χ1v) is 10.3. The van der Waals surface area contributed by atoms with Gasteiger partial charge in [-0.25, -0.2) is 0 Å². The molecule has 0 bridgehead atoms. The second-order valence-corrected chi connectivity index (χ2v) is 7.74. The molecule has 0 fully saturated rings. The number of nitrogens with one attached hydrogen (secondary N) is 1. The number of aromatic nitrogens is 3. The fraction of sp³-hybridized carbons (Fsp3) is 0.0800. The van der Waals surface area contributed by atoms with Crippen LogP contribution < -0.4 is 5.32 Å². The van der Waals surface area contributed by atoms with E-state index in [0.29, 0.717) is 33.8 Å². The molecule has 5 rings (SSSR count). The maximum Gasteiger partial charge on any atom is 0.261 e. The van der Waals surface area contributed by atoms with Gasteiger partial charge in [-0.05, 0) is 42.0 Å². The lowest BCUT2D eigenvalue weighted by Crippen LogP contribution is -2.29. The third kappa shape index (κ3) is 3.78. The van der Waals surface area contributed by atoms with Gasteiger partial charge < -0.3 is 9.88 Å². The Labute approximate surface area is 189 Å². The largest absolute Gasteiger partial charge is 0.322 e. The molecule has 0 radical (unpaired) electrons. The average molecular weight is 437 g/mol. The van der Waals surface area contributed by atoms with E-state index in [4.69, 9.17) is 0 Å². The van der Waals surface area contributed by atoms with Crippen molar-refractivity contribution in [3.8, 4) is 11.4 Å². The van der Waals surface area contributed by atoms with E-state index in [-0.39, 0.29) is 24.3 Å². The average Bonchev–Trinajstić information content (AvgIpc) is 3.36. The van der Waals surface area contributed by atoms with Crippen LogP contribution in [0.5, 0.6) is 0 Å². The molecule has 1 aliphatic heterocycles. The lowest BCUT2D eigenvalue weighted by Gasteiger charge is -2.14. The summed E-state index contributed by atoms with van der Waals surface area (Å²) in [7, 11) is 1.85. The van der Waals surface area contributed by atoms with Crippen molar-refractivity contribution < 1.29 is 14.4 Å². The lowest BCUT2D eigenvalue weighted by molar-refractivity contribution is 0.0642. The van der Waals surface area contributed by atoms with Gasteiger partial charge >= 0.3 is 0 Å². The van der Waals surface area contributed by atoms with Gasteiger partial charge in [0.1, 0.15) is 6.33 Å². The van der Waals surface area contributed by atoms with Gasteiger partial charge in [0.25, 0.3) is 17.7 Å². The zero-order valence-corrected chi connectivity index (χ0v) is 17.7. The number of amides is 3. The molecule has 1 aliphatic rings. The summed E-state index contributed by atoms with van der Waals surface area (Å²) in [6.45, 7) is 0.0924. The fourth-order valence-corrected chi connectivity index (χ4v) is 3.86. The Morgan fingerprint density at radius 3 is 2.33 bits per heavy atom. The van der Waals surface area contributed by atoms with E-state index in [1.54, 1.807) is 65.5 Å². The molecule has 0 atom stereocenters. The number of aryl methyl sites for hydroxylation is 1. The quantitative estimate of drug-likeness (QED) is 0.482. The molecular formula is C25H19N5O3. The van der Waals surface area contributed by atoms with Crippen LogP contribution in [-0.4, -0.2) is 37.4 Å². The van der Waals surface area contributed by atoms with E-state index >= 15 is 0 Å². The number of anilines is 1. The summed E-state index contributed by atoms with van der Waals surface area (Å²) in [4.78, 5) is 39.4. The second-order valence-electron chi connectivity index (χ2n) is 7.74. The predicted molar refractivity (Wildman–Crippen MR) is 121 cm³/mol. The molecule has 8 heteroatoms. The molecule has 3 aromatic carbocycles. The Morgan fingerprint density at radius 1 is 0.909 bits per heavy atom. The van der Waals surface area contributed by atoms with Crippen LogP contribution in [0.3, 0.4) is 0 Å². The molecule has 0 saturated heterocycles. The molecule has 0 saturated carbocycles. The van der Waals surface area contributed by atoms with E-state index < -0.39 is 0 Å². The molecule has 0 unspecified atom stereocenters. The molecule has 2 heterocycles. The van der Waals surface area contributed by atoms with E-state index in [1.807, 2.05) is 25.2 Å². The van der Waals surface area contributed by atoms with Crippen molar-refractivity contribution in [2.24, 2.45) is 7.05 Å². The minimum Gasteiger partial charge on any atom is -0.322 e. The topological polar surface area (TPSA) is 97.2 Å². The van der Waals surface area contributed by atoms with Gasteiger partial charge in [-0.15, -0.1) is 10.2 Å². The maximum absolute atomic E-state index is 12.9. The van der Waals surface area contributed by atoms with Crippen molar-refractivity contribution in [2.45, 2.75) is 6.54 Å². The van der Waals surface area contributed by atoms with Gasteiger partial charge in [-0.1, -0.05) is 36.4 Å². The smallest absolute Gasteiger partial charge is 0.261 e. The minimum atomic E-state index is -0.328. The molecule has 3 amide bonds. The summed E-state index contributed by atoms with van der Waals surface area (Å²) in [5.74, 6) is -0.263. The molecule has 0 spiro atoms. The molecule has 1 N–H and O–H groups in total. The third-order valence-electron chi connectivity index (χ3n) is 5.50. The Kier molecular flexibility index (Phi) is 5.02. The highest BCUT2D eigenvalue weighted by Crippen LogP contribution is 2.25. The zero-order chi connectivity index (χ0) is 22.9. The molecular weight excluding hydrogens is 418 g/mol. The van der Waals surface area contributed by atoms with E-state index in [1.165, 1.54) is 4.90 Å². The highest BCUT2D eigenvalue weighted by molar-refractivity contribution is 6.21. The number of carbonyl (C=O) groups is 3. The number of rotatable bonds is 5.